The molecule has 2 aromatic carbocycles. The number of hydrogen-bond donors (Lipinski definition) is 0. The summed E-state index contributed by atoms with van der Waals surface area (Å²) >= 11 is 0. The van der Waals surface area contributed by atoms with Crippen LogP contribution < -0.4 is 9.05 Å². The molecule has 0 saturated carbocycles. The minimum Gasteiger partial charge on any atom is -0.463 e. The van der Waals surface area contributed by atoms with Crippen LogP contribution in [0.3, 0.4) is 0 Å². The van der Waals surface area contributed by atoms with Crippen LogP contribution >= 0.6 is 7.82 Å². The lowest BCUT2D eigenvalue weighted by Crippen LogP contribution is -2.24. The molecule has 0 unspecified atom stereocenters. The first-order chi connectivity index (χ1) is 12.3. The summed E-state index contributed by atoms with van der Waals surface area (Å²) in [7, 11) is -3.96. The molecule has 0 amide bonds. The van der Waals surface area contributed by atoms with Crippen LogP contribution in [-0.4, -0.2) is 19.2 Å². The first-order valence-corrected chi connectivity index (χ1v) is 9.66. The summed E-state index contributed by atoms with van der Waals surface area (Å²) in [6, 6.07) is 17.2. The van der Waals surface area contributed by atoms with E-state index in [4.69, 9.17) is 18.3 Å². The lowest BCUT2D eigenvalue weighted by Gasteiger charge is -2.20. The topological polar surface area (TPSA) is 71.1 Å². The van der Waals surface area contributed by atoms with Gasteiger partial charge in [0.25, 0.3) is 0 Å². The summed E-state index contributed by atoms with van der Waals surface area (Å²) in [4.78, 5) is 11.8. The van der Waals surface area contributed by atoms with E-state index in [1.165, 1.54) is 0 Å². The Morgan fingerprint density at radius 1 is 0.846 bits per heavy atom. The highest BCUT2D eigenvalue weighted by atomic mass is 31.2. The fraction of sp³-hybridized carbons (Fsp3) is 0.316. The van der Waals surface area contributed by atoms with Crippen LogP contribution in [0.2, 0.25) is 0 Å². The Morgan fingerprint density at radius 2 is 1.31 bits per heavy atom. The molecular formula is C19H23O6P. The van der Waals surface area contributed by atoms with Crippen LogP contribution in [0, 0.1) is 5.41 Å². The van der Waals surface area contributed by atoms with E-state index in [0.29, 0.717) is 11.5 Å². The fourth-order valence-electron chi connectivity index (χ4n) is 1.79. The molecule has 0 aliphatic heterocycles. The summed E-state index contributed by atoms with van der Waals surface area (Å²) in [5.41, 5.74) is -0.620. The number of rotatable bonds is 8. The third kappa shape index (κ3) is 6.54. The molecule has 6 nitrogen and oxygen atoms in total. The molecule has 0 radical (unpaired) electrons. The highest BCUT2D eigenvalue weighted by molar-refractivity contribution is 7.49. The van der Waals surface area contributed by atoms with Crippen LogP contribution in [0.1, 0.15) is 20.8 Å². The normalized spacial score (nSPS) is 11.7. The third-order valence-electron chi connectivity index (χ3n) is 3.10. The summed E-state index contributed by atoms with van der Waals surface area (Å²) in [5.74, 6) is 0.320. The van der Waals surface area contributed by atoms with Gasteiger partial charge in [0.15, 0.2) is 0 Å². The number of carbonyl (C=O) groups excluding carboxylic acids is 1. The zero-order valence-electron chi connectivity index (χ0n) is 15.1. The zero-order chi connectivity index (χ0) is 19.0. The quantitative estimate of drug-likeness (QED) is 0.371. The molecule has 0 N–H and O–H groups in total. The average molecular weight is 378 g/mol. The van der Waals surface area contributed by atoms with Gasteiger partial charge in [-0.2, -0.15) is 0 Å². The Morgan fingerprint density at radius 3 is 1.73 bits per heavy atom. The Hall–Kier alpha value is -2.30. The summed E-state index contributed by atoms with van der Waals surface area (Å²) in [5, 5.41) is 0. The van der Waals surface area contributed by atoms with Crippen molar-refractivity contribution in [2.75, 3.05) is 13.2 Å². The number of para-hydroxylation sites is 2. The van der Waals surface area contributed by atoms with E-state index in [9.17, 15) is 9.36 Å². The van der Waals surface area contributed by atoms with Gasteiger partial charge < -0.3 is 13.8 Å². The van der Waals surface area contributed by atoms with Crippen LogP contribution in [0.25, 0.3) is 0 Å². The van der Waals surface area contributed by atoms with E-state index >= 15 is 0 Å². The van der Waals surface area contributed by atoms with Gasteiger partial charge in [0, 0.05) is 0 Å². The maximum Gasteiger partial charge on any atom is 0.587 e. The molecule has 0 atom stereocenters. The minimum absolute atomic E-state index is 0.0591. The predicted molar refractivity (Wildman–Crippen MR) is 98.1 cm³/mol. The second kappa shape index (κ2) is 8.88. The highest BCUT2D eigenvalue weighted by Gasteiger charge is 2.31. The Labute approximate surface area is 153 Å². The predicted octanol–water partition coefficient (Wildman–Crippen LogP) is 4.86. The Balaban J connectivity index is 2.01. The van der Waals surface area contributed by atoms with Gasteiger partial charge in [0.1, 0.15) is 18.1 Å². The average Bonchev–Trinajstić information content (AvgIpc) is 2.59. The molecule has 0 fully saturated rings. The van der Waals surface area contributed by atoms with Gasteiger partial charge in [-0.1, -0.05) is 36.4 Å². The molecule has 0 spiro atoms. The fourth-order valence-corrected chi connectivity index (χ4v) is 2.99. The number of carbonyl (C=O) groups is 1. The third-order valence-corrected chi connectivity index (χ3v) is 4.47. The molecule has 26 heavy (non-hydrogen) atoms. The van der Waals surface area contributed by atoms with Crippen molar-refractivity contribution < 1.29 is 27.7 Å². The van der Waals surface area contributed by atoms with Gasteiger partial charge >= 0.3 is 13.8 Å². The molecule has 0 saturated heterocycles. The van der Waals surface area contributed by atoms with Crippen molar-refractivity contribution in [3.8, 4) is 11.5 Å². The van der Waals surface area contributed by atoms with E-state index in [2.05, 4.69) is 0 Å². The molecule has 0 aromatic heterocycles. The standard InChI is InChI=1S/C19H23O6P/c1-19(2,3)18(20)22-14-15-23-26(21,24-16-10-6-4-7-11-16)25-17-12-8-5-9-13-17/h4-13H,14-15H2,1-3H3. The van der Waals surface area contributed by atoms with Gasteiger partial charge in [-0.3, -0.25) is 9.32 Å². The molecular weight excluding hydrogens is 355 g/mol. The van der Waals surface area contributed by atoms with Crippen molar-refractivity contribution in [3.63, 3.8) is 0 Å². The van der Waals surface area contributed by atoms with Crippen LogP contribution in [0.4, 0.5) is 0 Å². The number of ether oxygens (including phenoxy) is 1. The van der Waals surface area contributed by atoms with Crippen molar-refractivity contribution in [1.82, 2.24) is 0 Å². The number of benzene rings is 2. The second-order valence-electron chi connectivity index (χ2n) is 6.48. The summed E-state index contributed by atoms with van der Waals surface area (Å²) < 4.78 is 34.3. The van der Waals surface area contributed by atoms with Crippen LogP contribution in [-0.2, 0) is 18.6 Å². The van der Waals surface area contributed by atoms with Gasteiger partial charge in [-0.25, -0.2) is 4.57 Å². The second-order valence-corrected chi connectivity index (χ2v) is 7.99. The number of hydrogen-bond acceptors (Lipinski definition) is 6. The Kier molecular flexibility index (Phi) is 6.83. The van der Waals surface area contributed by atoms with Crippen molar-refractivity contribution in [3.05, 3.63) is 60.7 Å². The van der Waals surface area contributed by atoms with E-state index < -0.39 is 13.2 Å². The smallest absolute Gasteiger partial charge is 0.463 e. The van der Waals surface area contributed by atoms with Gasteiger partial charge in [-0.05, 0) is 45.0 Å². The van der Waals surface area contributed by atoms with E-state index in [-0.39, 0.29) is 19.2 Å². The SMILES string of the molecule is CC(C)(C)C(=O)OCCOP(=O)(Oc1ccccc1)Oc1ccccc1. The summed E-state index contributed by atoms with van der Waals surface area (Å²) in [6.45, 7) is 5.06. The monoisotopic (exact) mass is 378 g/mol. The van der Waals surface area contributed by atoms with Crippen molar-refractivity contribution in [2.24, 2.45) is 5.41 Å². The molecule has 0 aliphatic rings. The Bertz CT molecular complexity index is 694. The first-order valence-electron chi connectivity index (χ1n) is 8.20. The molecule has 2 rings (SSSR count). The number of esters is 1. The van der Waals surface area contributed by atoms with Crippen molar-refractivity contribution >= 4 is 13.8 Å². The maximum absolute atomic E-state index is 13.0. The molecule has 0 aliphatic carbocycles. The number of phosphoric acid groups is 1. The molecule has 0 heterocycles. The lowest BCUT2D eigenvalue weighted by atomic mass is 9.97. The van der Waals surface area contributed by atoms with Gasteiger partial charge in [0.2, 0.25) is 0 Å². The number of phosphoric ester groups is 1. The minimum atomic E-state index is -3.96. The van der Waals surface area contributed by atoms with Crippen LogP contribution in [0.15, 0.2) is 60.7 Å². The van der Waals surface area contributed by atoms with E-state index in [1.807, 2.05) is 12.1 Å². The molecule has 140 valence electrons. The largest absolute Gasteiger partial charge is 0.587 e. The maximum atomic E-state index is 13.0. The van der Waals surface area contributed by atoms with Gasteiger partial charge in [0.05, 0.1) is 12.0 Å². The molecule has 7 heteroatoms. The summed E-state index contributed by atoms with van der Waals surface area (Å²) in [6.07, 6.45) is 0. The first kappa shape index (κ1) is 20.0. The van der Waals surface area contributed by atoms with E-state index in [1.54, 1.807) is 69.3 Å². The molecule has 2 aromatic rings. The van der Waals surface area contributed by atoms with Crippen molar-refractivity contribution in [2.45, 2.75) is 20.8 Å². The van der Waals surface area contributed by atoms with Crippen molar-refractivity contribution in [1.29, 1.82) is 0 Å². The zero-order valence-corrected chi connectivity index (χ0v) is 16.0. The van der Waals surface area contributed by atoms with Crippen LogP contribution in [0.5, 0.6) is 11.5 Å². The molecule has 0 bridgehead atoms. The lowest BCUT2D eigenvalue weighted by molar-refractivity contribution is -0.153. The van der Waals surface area contributed by atoms with Gasteiger partial charge in [-0.15, -0.1) is 0 Å². The highest BCUT2D eigenvalue weighted by Crippen LogP contribution is 2.49. The van der Waals surface area contributed by atoms with E-state index in [0.717, 1.165) is 0 Å².